The first-order chi connectivity index (χ1) is 3.84. The molecule has 0 spiro atoms. The van der Waals surface area contributed by atoms with Crippen molar-refractivity contribution >= 4 is 15.9 Å². The highest BCUT2D eigenvalue weighted by molar-refractivity contribution is 9.09. The van der Waals surface area contributed by atoms with E-state index >= 15 is 0 Å². The van der Waals surface area contributed by atoms with Gasteiger partial charge in [-0.3, -0.25) is 0 Å². The van der Waals surface area contributed by atoms with Crippen LogP contribution in [0.25, 0.3) is 0 Å². The first-order valence-electron chi connectivity index (χ1n) is 3.28. The van der Waals surface area contributed by atoms with Gasteiger partial charge in [0.25, 0.3) is 0 Å². The summed E-state index contributed by atoms with van der Waals surface area (Å²) in [6.45, 7) is 3.89. The summed E-state index contributed by atoms with van der Waals surface area (Å²) in [5, 5.41) is 0. The second-order valence-corrected chi connectivity index (χ2v) is 3.67. The lowest BCUT2D eigenvalue weighted by Gasteiger charge is -2.08. The minimum Gasteiger partial charge on any atom is -0.0888 e. The molecule has 2 atom stereocenters. The van der Waals surface area contributed by atoms with Crippen molar-refractivity contribution in [3.63, 3.8) is 0 Å². The normalized spacial score (nSPS) is 38.2. The van der Waals surface area contributed by atoms with Gasteiger partial charge in [-0.2, -0.15) is 0 Å². The molecule has 1 radical (unpaired) electrons. The third kappa shape index (κ3) is 1.25. The summed E-state index contributed by atoms with van der Waals surface area (Å²) < 4.78 is 0. The smallest absolute Gasteiger partial charge is 0.0174 e. The monoisotopic (exact) mass is 175 g/mol. The Morgan fingerprint density at radius 1 is 1.50 bits per heavy atom. The topological polar surface area (TPSA) is 0 Å². The van der Waals surface area contributed by atoms with Gasteiger partial charge in [0.05, 0.1) is 0 Å². The first-order valence-corrected chi connectivity index (χ1v) is 4.19. The zero-order valence-electron chi connectivity index (χ0n) is 5.07. The van der Waals surface area contributed by atoms with Crippen LogP contribution in [0.15, 0.2) is 0 Å². The highest BCUT2D eigenvalue weighted by Gasteiger charge is 2.22. The second-order valence-electron chi connectivity index (χ2n) is 2.50. The molecule has 0 aliphatic heterocycles. The van der Waals surface area contributed by atoms with Crippen molar-refractivity contribution in [2.75, 3.05) is 0 Å². The SMILES string of the molecule is [CH2]CC1CCCC1Br. The Balaban J connectivity index is 2.30. The summed E-state index contributed by atoms with van der Waals surface area (Å²) >= 11 is 3.62. The fourth-order valence-electron chi connectivity index (χ4n) is 1.32. The van der Waals surface area contributed by atoms with E-state index in [1.54, 1.807) is 0 Å². The summed E-state index contributed by atoms with van der Waals surface area (Å²) in [6, 6.07) is 0. The maximum atomic E-state index is 3.89. The number of hydrogen-bond acceptors (Lipinski definition) is 0. The fourth-order valence-corrected chi connectivity index (χ4v) is 2.17. The third-order valence-corrected chi connectivity index (χ3v) is 3.14. The highest BCUT2D eigenvalue weighted by atomic mass is 79.9. The van der Waals surface area contributed by atoms with Crippen molar-refractivity contribution in [1.29, 1.82) is 0 Å². The Morgan fingerprint density at radius 3 is 2.50 bits per heavy atom. The van der Waals surface area contributed by atoms with Crippen molar-refractivity contribution in [2.24, 2.45) is 5.92 Å². The van der Waals surface area contributed by atoms with Crippen LogP contribution in [0.4, 0.5) is 0 Å². The standard InChI is InChI=1S/C7H12Br/c1-2-6-4-3-5-7(6)8/h6-7H,1-5H2. The van der Waals surface area contributed by atoms with Crippen LogP contribution >= 0.6 is 15.9 Å². The first kappa shape index (κ1) is 6.60. The molecule has 0 aromatic carbocycles. The van der Waals surface area contributed by atoms with Crippen LogP contribution in [0.1, 0.15) is 25.7 Å². The van der Waals surface area contributed by atoms with E-state index in [0.29, 0.717) is 0 Å². The summed E-state index contributed by atoms with van der Waals surface area (Å²) in [5.41, 5.74) is 0. The molecule has 0 N–H and O–H groups in total. The maximum Gasteiger partial charge on any atom is 0.0174 e. The molecule has 1 fully saturated rings. The lowest BCUT2D eigenvalue weighted by molar-refractivity contribution is 0.573. The number of alkyl halides is 1. The molecule has 1 rings (SSSR count). The van der Waals surface area contributed by atoms with Crippen molar-refractivity contribution < 1.29 is 0 Å². The molecule has 1 heteroatoms. The van der Waals surface area contributed by atoms with Crippen LogP contribution in [0.2, 0.25) is 0 Å². The van der Waals surface area contributed by atoms with Crippen LogP contribution in [0, 0.1) is 12.8 Å². The van der Waals surface area contributed by atoms with Gasteiger partial charge in [-0.05, 0) is 25.2 Å². The predicted octanol–water partition coefficient (Wildman–Crippen LogP) is 2.77. The molecule has 1 saturated carbocycles. The summed E-state index contributed by atoms with van der Waals surface area (Å²) in [5.74, 6) is 0.870. The molecule has 0 bridgehead atoms. The van der Waals surface area contributed by atoms with Gasteiger partial charge in [0.2, 0.25) is 0 Å². The van der Waals surface area contributed by atoms with E-state index in [1.807, 2.05) is 0 Å². The number of halogens is 1. The van der Waals surface area contributed by atoms with Gasteiger partial charge in [-0.1, -0.05) is 29.3 Å². The maximum absolute atomic E-state index is 3.89. The molecule has 1 aliphatic carbocycles. The second kappa shape index (κ2) is 2.86. The van der Waals surface area contributed by atoms with Gasteiger partial charge in [0, 0.05) is 4.83 Å². The average molecular weight is 176 g/mol. The van der Waals surface area contributed by atoms with Gasteiger partial charge in [-0.15, -0.1) is 0 Å². The van der Waals surface area contributed by atoms with Crippen molar-refractivity contribution in [3.05, 3.63) is 6.92 Å². The molecule has 2 unspecified atom stereocenters. The zero-order chi connectivity index (χ0) is 5.98. The van der Waals surface area contributed by atoms with Crippen LogP contribution < -0.4 is 0 Å². The van der Waals surface area contributed by atoms with Crippen molar-refractivity contribution in [2.45, 2.75) is 30.5 Å². The molecule has 8 heavy (non-hydrogen) atoms. The Bertz CT molecular complexity index is 70.8. The van der Waals surface area contributed by atoms with E-state index in [9.17, 15) is 0 Å². The molecule has 1 aliphatic rings. The van der Waals surface area contributed by atoms with Crippen LogP contribution in [-0.2, 0) is 0 Å². The highest BCUT2D eigenvalue weighted by Crippen LogP contribution is 2.33. The quantitative estimate of drug-likeness (QED) is 0.539. The molecule has 0 aromatic rings. The molecule has 0 heterocycles. The molecule has 0 saturated heterocycles. The van der Waals surface area contributed by atoms with Crippen LogP contribution in [0.3, 0.4) is 0 Å². The van der Waals surface area contributed by atoms with Gasteiger partial charge >= 0.3 is 0 Å². The van der Waals surface area contributed by atoms with Crippen LogP contribution in [0.5, 0.6) is 0 Å². The van der Waals surface area contributed by atoms with Gasteiger partial charge in [-0.25, -0.2) is 0 Å². The molecular weight excluding hydrogens is 164 g/mol. The lowest BCUT2D eigenvalue weighted by atomic mass is 10.1. The van der Waals surface area contributed by atoms with E-state index in [0.717, 1.165) is 17.2 Å². The third-order valence-electron chi connectivity index (χ3n) is 1.94. The average Bonchev–Trinajstić information content (AvgIpc) is 2.14. The Kier molecular flexibility index (Phi) is 2.36. The van der Waals surface area contributed by atoms with Gasteiger partial charge in [0.15, 0.2) is 0 Å². The van der Waals surface area contributed by atoms with Crippen LogP contribution in [-0.4, -0.2) is 4.83 Å². The Labute approximate surface area is 59.8 Å². The van der Waals surface area contributed by atoms with E-state index in [2.05, 4.69) is 22.9 Å². The van der Waals surface area contributed by atoms with Gasteiger partial charge < -0.3 is 0 Å². The van der Waals surface area contributed by atoms with Crippen molar-refractivity contribution in [1.82, 2.24) is 0 Å². The Hall–Kier alpha value is 0.480. The molecule has 47 valence electrons. The molecule has 0 aromatic heterocycles. The summed E-state index contributed by atoms with van der Waals surface area (Å²) in [4.78, 5) is 0.778. The zero-order valence-corrected chi connectivity index (χ0v) is 6.65. The molecule has 0 amide bonds. The van der Waals surface area contributed by atoms with E-state index in [4.69, 9.17) is 0 Å². The minimum absolute atomic E-state index is 0.778. The number of hydrogen-bond donors (Lipinski definition) is 0. The van der Waals surface area contributed by atoms with E-state index < -0.39 is 0 Å². The van der Waals surface area contributed by atoms with Gasteiger partial charge in [0.1, 0.15) is 0 Å². The summed E-state index contributed by atoms with van der Waals surface area (Å²) in [6.07, 6.45) is 5.26. The lowest BCUT2D eigenvalue weighted by Crippen LogP contribution is -2.03. The summed E-state index contributed by atoms with van der Waals surface area (Å²) in [7, 11) is 0. The largest absolute Gasteiger partial charge is 0.0888 e. The van der Waals surface area contributed by atoms with E-state index in [1.165, 1.54) is 19.3 Å². The molecule has 0 nitrogen and oxygen atoms in total. The van der Waals surface area contributed by atoms with Crippen molar-refractivity contribution in [3.8, 4) is 0 Å². The Morgan fingerprint density at radius 2 is 2.25 bits per heavy atom. The molecular formula is C7H12Br. The van der Waals surface area contributed by atoms with E-state index in [-0.39, 0.29) is 0 Å². The number of rotatable bonds is 1. The fraction of sp³-hybridized carbons (Fsp3) is 0.857. The minimum atomic E-state index is 0.778. The predicted molar refractivity (Wildman–Crippen MR) is 40.0 cm³/mol.